The molecule has 5 heteroatoms. The van der Waals surface area contributed by atoms with Crippen LogP contribution in [0.15, 0.2) is 84.4 Å². The SMILES string of the molecule is Cc1ccc(C2=C/C(=C\c3ccc([N+](=O)[O-])cc3)C(=O)N2c2ccc(C34CC5CC(CC(C5)C3)C4)cc2)cc1. The second kappa shape index (κ2) is 9.04. The van der Waals surface area contributed by atoms with Gasteiger partial charge in [-0.1, -0.05) is 42.0 Å². The molecule has 1 aliphatic heterocycles. The Morgan fingerprint density at radius 2 is 1.44 bits per heavy atom. The first kappa shape index (κ1) is 24.1. The molecule has 0 radical (unpaired) electrons. The molecule has 5 nitrogen and oxygen atoms in total. The van der Waals surface area contributed by atoms with E-state index in [-0.39, 0.29) is 11.6 Å². The summed E-state index contributed by atoms with van der Waals surface area (Å²) < 4.78 is 0. The Hall–Kier alpha value is -3.99. The van der Waals surface area contributed by atoms with Crippen LogP contribution in [0.25, 0.3) is 11.8 Å². The van der Waals surface area contributed by atoms with Crippen molar-refractivity contribution >= 4 is 29.1 Å². The summed E-state index contributed by atoms with van der Waals surface area (Å²) in [5.41, 5.74) is 6.96. The van der Waals surface area contributed by atoms with E-state index in [9.17, 15) is 14.9 Å². The van der Waals surface area contributed by atoms with Crippen LogP contribution in [0.1, 0.15) is 60.8 Å². The monoisotopic (exact) mass is 516 g/mol. The van der Waals surface area contributed by atoms with Crippen molar-refractivity contribution in [2.75, 3.05) is 4.90 Å². The predicted molar refractivity (Wildman–Crippen MR) is 154 cm³/mol. The van der Waals surface area contributed by atoms with Gasteiger partial charge in [-0.15, -0.1) is 0 Å². The molecule has 0 aromatic heterocycles. The Balaban J connectivity index is 1.23. The van der Waals surface area contributed by atoms with Gasteiger partial charge in [-0.25, -0.2) is 0 Å². The molecule has 0 saturated heterocycles. The minimum atomic E-state index is -0.415. The Kier molecular flexibility index (Phi) is 5.58. The Morgan fingerprint density at radius 3 is 2.00 bits per heavy atom. The van der Waals surface area contributed by atoms with Gasteiger partial charge in [0.05, 0.1) is 10.6 Å². The highest BCUT2D eigenvalue weighted by atomic mass is 16.6. The molecular weight excluding hydrogens is 484 g/mol. The van der Waals surface area contributed by atoms with Crippen LogP contribution >= 0.6 is 0 Å². The number of carbonyl (C=O) groups excluding carboxylic acids is 1. The molecule has 8 rings (SSSR count). The average Bonchev–Trinajstić information content (AvgIpc) is 3.24. The van der Waals surface area contributed by atoms with Crippen molar-refractivity contribution in [1.29, 1.82) is 0 Å². The number of nitrogens with zero attached hydrogens (tertiary/aromatic N) is 2. The number of benzene rings is 3. The van der Waals surface area contributed by atoms with E-state index < -0.39 is 4.92 Å². The van der Waals surface area contributed by atoms with Gasteiger partial charge in [0.2, 0.25) is 0 Å². The zero-order valence-electron chi connectivity index (χ0n) is 22.2. The fourth-order valence-corrected chi connectivity index (χ4v) is 8.11. The van der Waals surface area contributed by atoms with Crippen molar-refractivity contribution < 1.29 is 9.72 Å². The molecular formula is C34H32N2O3. The largest absolute Gasteiger partial charge is 0.276 e. The lowest BCUT2D eigenvalue weighted by Gasteiger charge is -2.57. The molecule has 4 aliphatic carbocycles. The predicted octanol–water partition coefficient (Wildman–Crippen LogP) is 7.84. The minimum Gasteiger partial charge on any atom is -0.276 e. The topological polar surface area (TPSA) is 63.5 Å². The Morgan fingerprint density at radius 1 is 0.846 bits per heavy atom. The summed E-state index contributed by atoms with van der Waals surface area (Å²) in [5, 5.41) is 11.1. The van der Waals surface area contributed by atoms with Crippen LogP contribution in [0, 0.1) is 34.8 Å². The highest BCUT2D eigenvalue weighted by Gasteiger charge is 2.51. The first-order chi connectivity index (χ1) is 18.9. The number of hydrogen-bond acceptors (Lipinski definition) is 3. The van der Waals surface area contributed by atoms with Crippen LogP contribution in [0.5, 0.6) is 0 Å². The van der Waals surface area contributed by atoms with Gasteiger partial charge in [-0.2, -0.15) is 0 Å². The molecule has 4 fully saturated rings. The third kappa shape index (κ3) is 4.21. The molecule has 4 bridgehead atoms. The van der Waals surface area contributed by atoms with Gasteiger partial charge in [-0.3, -0.25) is 19.8 Å². The number of amides is 1. The summed E-state index contributed by atoms with van der Waals surface area (Å²) in [6.45, 7) is 2.05. The number of aryl methyl sites for hydroxylation is 1. The third-order valence-electron chi connectivity index (χ3n) is 9.53. The smallest absolute Gasteiger partial charge is 0.269 e. The van der Waals surface area contributed by atoms with Gasteiger partial charge in [0.1, 0.15) is 0 Å². The zero-order valence-corrected chi connectivity index (χ0v) is 22.2. The molecule has 0 atom stereocenters. The van der Waals surface area contributed by atoms with Crippen molar-refractivity contribution in [3.05, 3.63) is 117 Å². The second-order valence-electron chi connectivity index (χ2n) is 12.2. The summed E-state index contributed by atoms with van der Waals surface area (Å²) in [6.07, 6.45) is 12.0. The standard InChI is InChI=1S/C34H32N2O3/c1-22-2-6-27(7-3-22)32-18-28(17-23-4-10-31(11-5-23)36(38)39)33(37)35(32)30-12-8-29(9-13-30)34-19-24-14-25(20-34)16-26(15-24)21-34/h2-13,17-18,24-26H,14-16,19-21H2,1H3/b28-17+. The summed E-state index contributed by atoms with van der Waals surface area (Å²) in [4.78, 5) is 26.3. The molecule has 0 N–H and O–H groups in total. The molecule has 1 heterocycles. The van der Waals surface area contributed by atoms with Crippen molar-refractivity contribution in [3.8, 4) is 0 Å². The van der Waals surface area contributed by atoms with E-state index in [0.29, 0.717) is 11.0 Å². The van der Waals surface area contributed by atoms with Crippen LogP contribution in [-0.2, 0) is 10.2 Å². The fraction of sp³-hybridized carbons (Fsp3) is 0.324. The maximum absolute atomic E-state index is 13.8. The molecule has 0 unspecified atom stereocenters. The maximum Gasteiger partial charge on any atom is 0.269 e. The van der Waals surface area contributed by atoms with Crippen molar-refractivity contribution in [1.82, 2.24) is 0 Å². The number of nitro benzene ring substituents is 1. The van der Waals surface area contributed by atoms with Crippen LogP contribution in [0.3, 0.4) is 0 Å². The summed E-state index contributed by atoms with van der Waals surface area (Å²) in [6, 6.07) is 23.3. The number of non-ortho nitro benzene ring substituents is 1. The highest BCUT2D eigenvalue weighted by molar-refractivity contribution is 6.23. The van der Waals surface area contributed by atoms with E-state index in [1.54, 1.807) is 12.1 Å². The number of hydrogen-bond donors (Lipinski definition) is 0. The van der Waals surface area contributed by atoms with Crippen LogP contribution in [0.2, 0.25) is 0 Å². The van der Waals surface area contributed by atoms with Crippen LogP contribution in [0.4, 0.5) is 11.4 Å². The molecule has 4 saturated carbocycles. The molecule has 5 aliphatic rings. The summed E-state index contributed by atoms with van der Waals surface area (Å²) in [5.74, 6) is 2.57. The summed E-state index contributed by atoms with van der Waals surface area (Å²) >= 11 is 0. The van der Waals surface area contributed by atoms with Crippen molar-refractivity contribution in [2.24, 2.45) is 17.8 Å². The molecule has 3 aromatic carbocycles. The molecule has 39 heavy (non-hydrogen) atoms. The third-order valence-corrected chi connectivity index (χ3v) is 9.53. The van der Waals surface area contributed by atoms with Crippen LogP contribution < -0.4 is 4.90 Å². The van der Waals surface area contributed by atoms with E-state index in [0.717, 1.165) is 45.8 Å². The second-order valence-corrected chi connectivity index (χ2v) is 12.2. The number of nitro groups is 1. The normalized spacial score (nSPS) is 28.3. The number of carbonyl (C=O) groups is 1. The van der Waals surface area contributed by atoms with Gasteiger partial charge in [-0.05, 0) is 122 Å². The lowest BCUT2D eigenvalue weighted by atomic mass is 9.48. The average molecular weight is 517 g/mol. The minimum absolute atomic E-state index is 0.0338. The molecule has 1 amide bonds. The van der Waals surface area contributed by atoms with Gasteiger partial charge in [0, 0.05) is 23.4 Å². The maximum atomic E-state index is 13.8. The van der Waals surface area contributed by atoms with Gasteiger partial charge in [0.15, 0.2) is 0 Å². The number of anilines is 1. The lowest BCUT2D eigenvalue weighted by Crippen LogP contribution is -2.48. The van der Waals surface area contributed by atoms with Crippen molar-refractivity contribution in [2.45, 2.75) is 50.9 Å². The first-order valence-corrected chi connectivity index (χ1v) is 14.1. The van der Waals surface area contributed by atoms with E-state index in [1.807, 2.05) is 17.1 Å². The lowest BCUT2D eigenvalue weighted by molar-refractivity contribution is -0.384. The van der Waals surface area contributed by atoms with Crippen LogP contribution in [-0.4, -0.2) is 10.8 Å². The van der Waals surface area contributed by atoms with Gasteiger partial charge >= 0.3 is 0 Å². The quantitative estimate of drug-likeness (QED) is 0.197. The van der Waals surface area contributed by atoms with Gasteiger partial charge < -0.3 is 0 Å². The molecule has 0 spiro atoms. The molecule has 3 aromatic rings. The summed E-state index contributed by atoms with van der Waals surface area (Å²) in [7, 11) is 0. The van der Waals surface area contributed by atoms with E-state index >= 15 is 0 Å². The van der Waals surface area contributed by atoms with E-state index in [2.05, 4.69) is 55.5 Å². The Bertz CT molecular complexity index is 1480. The van der Waals surface area contributed by atoms with Gasteiger partial charge in [0.25, 0.3) is 11.6 Å². The van der Waals surface area contributed by atoms with E-state index in [1.165, 1.54) is 56.2 Å². The van der Waals surface area contributed by atoms with E-state index in [4.69, 9.17) is 0 Å². The van der Waals surface area contributed by atoms with Crippen molar-refractivity contribution in [3.63, 3.8) is 0 Å². The zero-order chi connectivity index (χ0) is 26.7. The first-order valence-electron chi connectivity index (χ1n) is 14.1. The fourth-order valence-electron chi connectivity index (χ4n) is 8.11. The highest BCUT2D eigenvalue weighted by Crippen LogP contribution is 2.60. The molecule has 196 valence electrons. The Labute approximate surface area is 229 Å². The number of rotatable bonds is 5.